The summed E-state index contributed by atoms with van der Waals surface area (Å²) in [5.41, 5.74) is 1.88. The predicted molar refractivity (Wildman–Crippen MR) is 123 cm³/mol. The van der Waals surface area contributed by atoms with Gasteiger partial charge in [-0.1, -0.05) is 24.3 Å². The van der Waals surface area contributed by atoms with Crippen molar-refractivity contribution >= 4 is 17.6 Å². The summed E-state index contributed by atoms with van der Waals surface area (Å²) < 4.78 is 19.4. The molecule has 162 valence electrons. The third kappa shape index (κ3) is 5.18. The van der Waals surface area contributed by atoms with Crippen LogP contribution in [0.15, 0.2) is 77.9 Å². The lowest BCUT2D eigenvalue weighted by atomic mass is 10.1. The molecule has 2 aromatic carbocycles. The van der Waals surface area contributed by atoms with Crippen LogP contribution in [0.2, 0.25) is 0 Å². The Morgan fingerprint density at radius 2 is 2.00 bits per heavy atom. The van der Waals surface area contributed by atoms with Gasteiger partial charge in [-0.3, -0.25) is 9.79 Å². The standard InChI is InChI=1S/C25H23FN4O2/c1-16-9-10-23(29-16)30-24-14-20(11-12-27-24)32-22-8-4-7-21(17(22)2)25(31)28-15-18-5-3-6-19(26)13-18/h3-14,16H,15H2,1-2H3,(H,28,31)(H,27,29,30). The molecule has 0 aliphatic carbocycles. The van der Waals surface area contributed by atoms with Crippen molar-refractivity contribution in [3.05, 3.63) is 95.5 Å². The maximum atomic E-state index is 13.3. The highest BCUT2D eigenvalue weighted by Crippen LogP contribution is 2.28. The van der Waals surface area contributed by atoms with Crippen molar-refractivity contribution in [2.45, 2.75) is 26.4 Å². The Morgan fingerprint density at radius 1 is 1.16 bits per heavy atom. The van der Waals surface area contributed by atoms with E-state index in [1.807, 2.05) is 26.0 Å². The van der Waals surface area contributed by atoms with Crippen LogP contribution in [0.5, 0.6) is 11.5 Å². The number of amides is 1. The number of aromatic nitrogens is 1. The second-order valence-electron chi connectivity index (χ2n) is 7.46. The first-order valence-electron chi connectivity index (χ1n) is 10.3. The number of pyridine rings is 1. The number of aliphatic imine (C=N–C) groups is 1. The Bertz CT molecular complexity index is 1210. The van der Waals surface area contributed by atoms with Crippen LogP contribution in [-0.2, 0) is 6.54 Å². The van der Waals surface area contributed by atoms with Gasteiger partial charge in [0, 0.05) is 29.9 Å². The molecule has 4 rings (SSSR count). The van der Waals surface area contributed by atoms with Gasteiger partial charge in [-0.15, -0.1) is 0 Å². The highest BCUT2D eigenvalue weighted by Gasteiger charge is 2.14. The zero-order chi connectivity index (χ0) is 22.5. The summed E-state index contributed by atoms with van der Waals surface area (Å²) in [5.74, 6) is 1.91. The Hall–Kier alpha value is -4.00. The third-order valence-electron chi connectivity index (χ3n) is 4.96. The van der Waals surface area contributed by atoms with Gasteiger partial charge in [-0.05, 0) is 55.8 Å². The maximum absolute atomic E-state index is 13.3. The van der Waals surface area contributed by atoms with Crippen molar-refractivity contribution < 1.29 is 13.9 Å². The minimum absolute atomic E-state index is 0.148. The lowest BCUT2D eigenvalue weighted by Crippen LogP contribution is -2.23. The smallest absolute Gasteiger partial charge is 0.251 e. The van der Waals surface area contributed by atoms with E-state index < -0.39 is 0 Å². The van der Waals surface area contributed by atoms with E-state index in [-0.39, 0.29) is 24.3 Å². The largest absolute Gasteiger partial charge is 0.457 e. The number of carbonyl (C=O) groups excluding carboxylic acids is 1. The SMILES string of the molecule is Cc1c(Oc2ccnc(NC3=NC(C)C=C3)c2)cccc1C(=O)NCc1cccc(F)c1. The molecule has 0 spiro atoms. The average molecular weight is 430 g/mol. The minimum Gasteiger partial charge on any atom is -0.457 e. The van der Waals surface area contributed by atoms with E-state index in [1.54, 1.807) is 48.7 Å². The molecule has 3 aromatic rings. The van der Waals surface area contributed by atoms with Gasteiger partial charge in [0.1, 0.15) is 29.0 Å². The van der Waals surface area contributed by atoms with Crippen LogP contribution in [0.25, 0.3) is 0 Å². The van der Waals surface area contributed by atoms with Gasteiger partial charge < -0.3 is 15.4 Å². The Morgan fingerprint density at radius 3 is 2.78 bits per heavy atom. The van der Waals surface area contributed by atoms with Crippen molar-refractivity contribution in [1.82, 2.24) is 10.3 Å². The number of anilines is 1. The second kappa shape index (κ2) is 9.43. The first-order chi connectivity index (χ1) is 15.5. The van der Waals surface area contributed by atoms with E-state index >= 15 is 0 Å². The van der Waals surface area contributed by atoms with Gasteiger partial charge in [-0.2, -0.15) is 0 Å². The summed E-state index contributed by atoms with van der Waals surface area (Å²) in [4.78, 5) is 21.4. The van der Waals surface area contributed by atoms with Crippen molar-refractivity contribution in [3.8, 4) is 11.5 Å². The molecular formula is C25H23FN4O2. The molecule has 6 nitrogen and oxygen atoms in total. The van der Waals surface area contributed by atoms with E-state index in [2.05, 4.69) is 20.6 Å². The summed E-state index contributed by atoms with van der Waals surface area (Å²) in [5, 5.41) is 5.99. The van der Waals surface area contributed by atoms with Crippen LogP contribution in [-0.4, -0.2) is 22.8 Å². The van der Waals surface area contributed by atoms with E-state index in [0.29, 0.717) is 34.0 Å². The zero-order valence-corrected chi connectivity index (χ0v) is 17.8. The molecule has 0 radical (unpaired) electrons. The van der Waals surface area contributed by atoms with E-state index in [0.717, 1.165) is 5.84 Å². The highest BCUT2D eigenvalue weighted by molar-refractivity contribution is 6.04. The number of carbonyl (C=O) groups is 1. The van der Waals surface area contributed by atoms with Gasteiger partial charge in [-0.25, -0.2) is 9.37 Å². The highest BCUT2D eigenvalue weighted by atomic mass is 19.1. The molecule has 1 amide bonds. The summed E-state index contributed by atoms with van der Waals surface area (Å²) in [6.07, 6.45) is 5.55. The fourth-order valence-corrected chi connectivity index (χ4v) is 3.31. The Labute approximate surface area is 185 Å². The maximum Gasteiger partial charge on any atom is 0.251 e. The van der Waals surface area contributed by atoms with Gasteiger partial charge in [0.2, 0.25) is 0 Å². The monoisotopic (exact) mass is 430 g/mol. The lowest BCUT2D eigenvalue weighted by Gasteiger charge is -2.13. The summed E-state index contributed by atoms with van der Waals surface area (Å²) in [6.45, 7) is 4.06. The Balaban J connectivity index is 1.45. The van der Waals surface area contributed by atoms with Crippen LogP contribution >= 0.6 is 0 Å². The number of amidine groups is 1. The number of ether oxygens (including phenoxy) is 1. The molecule has 32 heavy (non-hydrogen) atoms. The first kappa shape index (κ1) is 21.2. The molecule has 1 unspecified atom stereocenters. The van der Waals surface area contributed by atoms with E-state index in [4.69, 9.17) is 4.74 Å². The molecule has 0 saturated carbocycles. The van der Waals surface area contributed by atoms with Gasteiger partial charge in [0.05, 0.1) is 6.04 Å². The summed E-state index contributed by atoms with van der Waals surface area (Å²) in [6, 6.07) is 15.1. The van der Waals surface area contributed by atoms with Gasteiger partial charge in [0.25, 0.3) is 5.91 Å². The van der Waals surface area contributed by atoms with Crippen LogP contribution in [0.1, 0.15) is 28.4 Å². The molecule has 0 bridgehead atoms. The second-order valence-corrected chi connectivity index (χ2v) is 7.46. The number of hydrogen-bond acceptors (Lipinski definition) is 5. The molecule has 1 aliphatic heterocycles. The van der Waals surface area contributed by atoms with Crippen LogP contribution in [0, 0.1) is 12.7 Å². The number of benzene rings is 2. The van der Waals surface area contributed by atoms with E-state index in [1.165, 1.54) is 12.1 Å². The predicted octanol–water partition coefficient (Wildman–Crippen LogP) is 5.02. The summed E-state index contributed by atoms with van der Waals surface area (Å²) in [7, 11) is 0. The number of nitrogens with zero attached hydrogens (tertiary/aromatic N) is 2. The van der Waals surface area contributed by atoms with Crippen molar-refractivity contribution in [2.24, 2.45) is 4.99 Å². The lowest BCUT2D eigenvalue weighted by molar-refractivity contribution is 0.0950. The van der Waals surface area contributed by atoms with Gasteiger partial charge in [0.15, 0.2) is 0 Å². The molecule has 2 heterocycles. The average Bonchev–Trinajstić information content (AvgIpc) is 3.18. The number of rotatable bonds is 6. The van der Waals surface area contributed by atoms with Gasteiger partial charge >= 0.3 is 0 Å². The number of hydrogen-bond donors (Lipinski definition) is 2. The Kier molecular flexibility index (Phi) is 6.26. The number of nitrogens with one attached hydrogen (secondary N) is 2. The molecule has 0 saturated heterocycles. The summed E-state index contributed by atoms with van der Waals surface area (Å²) >= 11 is 0. The molecule has 7 heteroatoms. The normalized spacial score (nSPS) is 14.7. The first-order valence-corrected chi connectivity index (χ1v) is 10.3. The van der Waals surface area contributed by atoms with Crippen molar-refractivity contribution in [1.29, 1.82) is 0 Å². The number of halogens is 1. The van der Waals surface area contributed by atoms with Crippen molar-refractivity contribution in [3.63, 3.8) is 0 Å². The third-order valence-corrected chi connectivity index (χ3v) is 4.96. The zero-order valence-electron chi connectivity index (χ0n) is 17.8. The molecule has 0 fully saturated rings. The fraction of sp³-hybridized carbons (Fsp3) is 0.160. The van der Waals surface area contributed by atoms with Crippen molar-refractivity contribution in [2.75, 3.05) is 5.32 Å². The topological polar surface area (TPSA) is 75.6 Å². The molecular weight excluding hydrogens is 407 g/mol. The van der Waals surface area contributed by atoms with Crippen LogP contribution in [0.4, 0.5) is 10.2 Å². The molecule has 2 N–H and O–H groups in total. The van der Waals surface area contributed by atoms with E-state index in [9.17, 15) is 9.18 Å². The minimum atomic E-state index is -0.333. The molecule has 1 aromatic heterocycles. The quantitative estimate of drug-likeness (QED) is 0.576. The van der Waals surface area contributed by atoms with Crippen LogP contribution in [0.3, 0.4) is 0 Å². The fourth-order valence-electron chi connectivity index (χ4n) is 3.31. The van der Waals surface area contributed by atoms with Crippen LogP contribution < -0.4 is 15.4 Å². The molecule has 1 aliphatic rings. The molecule has 1 atom stereocenters.